The van der Waals surface area contributed by atoms with E-state index >= 15 is 0 Å². The van der Waals surface area contributed by atoms with Gasteiger partial charge in [0.05, 0.1) is 11.8 Å². The van der Waals surface area contributed by atoms with Gasteiger partial charge in [0.25, 0.3) is 0 Å². The highest BCUT2D eigenvalue weighted by Gasteiger charge is 2.04. The number of hydrogen-bond acceptors (Lipinski definition) is 2. The number of rotatable bonds is 1. The van der Waals surface area contributed by atoms with E-state index in [0.717, 1.165) is 12.1 Å². The van der Waals surface area contributed by atoms with Gasteiger partial charge in [0.1, 0.15) is 11.6 Å². The number of nitrogens with zero attached hydrogens (tertiary/aromatic N) is 1. The van der Waals surface area contributed by atoms with Crippen LogP contribution in [-0.2, 0) is 0 Å². The van der Waals surface area contributed by atoms with Gasteiger partial charge in [-0.25, -0.2) is 8.78 Å². The highest BCUT2D eigenvalue weighted by atomic mass is 19.1. The van der Waals surface area contributed by atoms with E-state index in [9.17, 15) is 8.78 Å². The summed E-state index contributed by atoms with van der Waals surface area (Å²) >= 11 is 0. The maximum atomic E-state index is 12.6. The summed E-state index contributed by atoms with van der Waals surface area (Å²) in [7, 11) is 0. The van der Waals surface area contributed by atoms with Crippen molar-refractivity contribution in [1.82, 2.24) is 0 Å². The molecule has 0 aromatic heterocycles. The summed E-state index contributed by atoms with van der Waals surface area (Å²) in [4.78, 5) is 0. The van der Waals surface area contributed by atoms with Crippen molar-refractivity contribution in [2.75, 3.05) is 0 Å². The number of hydrogen-bond donors (Lipinski definition) is 1. The van der Waals surface area contributed by atoms with Crippen LogP contribution < -0.4 is 0 Å². The van der Waals surface area contributed by atoms with Gasteiger partial charge in [-0.2, -0.15) is 0 Å². The lowest BCUT2D eigenvalue weighted by Gasteiger charge is -1.94. The fourth-order valence-electron chi connectivity index (χ4n) is 0.636. The van der Waals surface area contributed by atoms with E-state index in [4.69, 9.17) is 5.21 Å². The van der Waals surface area contributed by atoms with Crippen LogP contribution in [-0.4, -0.2) is 11.4 Å². The topological polar surface area (TPSA) is 32.6 Å². The molecule has 11 heavy (non-hydrogen) atoms. The van der Waals surface area contributed by atoms with Crippen LogP contribution in [0, 0.1) is 17.7 Å². The molecule has 0 saturated heterocycles. The Labute approximate surface area is 61.8 Å². The minimum absolute atomic E-state index is 0.394. The fraction of sp³-hybridized carbons (Fsp3) is 0. The summed E-state index contributed by atoms with van der Waals surface area (Å²) in [5.74, 6) is -1.65. The second-order valence-electron chi connectivity index (χ2n) is 1.80. The molecule has 0 aliphatic carbocycles. The summed E-state index contributed by atoms with van der Waals surface area (Å²) in [5.41, 5.74) is -0.394. The second kappa shape index (κ2) is 3.09. The van der Waals surface area contributed by atoms with Crippen molar-refractivity contribution in [3.63, 3.8) is 0 Å². The zero-order chi connectivity index (χ0) is 8.27. The van der Waals surface area contributed by atoms with Crippen LogP contribution in [0.5, 0.6) is 0 Å². The molecule has 1 N–H and O–H groups in total. The van der Waals surface area contributed by atoms with Crippen LogP contribution in [0.4, 0.5) is 8.78 Å². The average molecular weight is 156 g/mol. The standard InChI is InChI=1S/C7H4F2NO/c8-6-2-1-3-7(9)5(6)4-10-11/h1-2,4,11H/b10-4-. The molecule has 0 aliphatic rings. The summed E-state index contributed by atoms with van der Waals surface area (Å²) in [5, 5.41) is 10.5. The van der Waals surface area contributed by atoms with Crippen molar-refractivity contribution >= 4 is 6.21 Å². The van der Waals surface area contributed by atoms with Crippen molar-refractivity contribution < 1.29 is 14.0 Å². The first-order valence-corrected chi connectivity index (χ1v) is 2.79. The predicted molar refractivity (Wildman–Crippen MR) is 34.6 cm³/mol. The molecule has 1 radical (unpaired) electrons. The maximum Gasteiger partial charge on any atom is 0.142 e. The van der Waals surface area contributed by atoms with Gasteiger partial charge in [0, 0.05) is 6.07 Å². The molecule has 0 fully saturated rings. The molecule has 2 nitrogen and oxygen atoms in total. The third-order valence-electron chi connectivity index (χ3n) is 1.12. The molecule has 0 aliphatic heterocycles. The summed E-state index contributed by atoms with van der Waals surface area (Å²) in [6.07, 6.45) is 0.682. The van der Waals surface area contributed by atoms with Gasteiger partial charge in [-0.15, -0.1) is 0 Å². The zero-order valence-corrected chi connectivity index (χ0v) is 5.38. The number of halogens is 2. The molecule has 0 spiro atoms. The number of benzene rings is 1. The van der Waals surface area contributed by atoms with Crippen LogP contribution in [0.25, 0.3) is 0 Å². The summed E-state index contributed by atoms with van der Waals surface area (Å²) in [6, 6.07) is 4.25. The first-order valence-electron chi connectivity index (χ1n) is 2.79. The predicted octanol–water partition coefficient (Wildman–Crippen LogP) is 1.57. The van der Waals surface area contributed by atoms with Crippen LogP contribution in [0.15, 0.2) is 17.3 Å². The molecule has 0 amide bonds. The first-order chi connectivity index (χ1) is 5.25. The van der Waals surface area contributed by atoms with E-state index in [0.29, 0.717) is 6.21 Å². The molecule has 57 valence electrons. The molecule has 1 aromatic carbocycles. The van der Waals surface area contributed by atoms with Gasteiger partial charge in [-0.1, -0.05) is 5.16 Å². The summed E-state index contributed by atoms with van der Waals surface area (Å²) < 4.78 is 25.1. The van der Waals surface area contributed by atoms with Crippen molar-refractivity contribution in [2.45, 2.75) is 0 Å². The van der Waals surface area contributed by atoms with E-state index in [1.807, 2.05) is 0 Å². The normalized spacial score (nSPS) is 10.7. The molecule has 0 unspecified atom stereocenters. The zero-order valence-electron chi connectivity index (χ0n) is 5.38. The fourth-order valence-corrected chi connectivity index (χ4v) is 0.636. The molecule has 1 aromatic rings. The molecular formula is C7H4F2NO. The van der Waals surface area contributed by atoms with Gasteiger partial charge in [-0.05, 0) is 12.1 Å². The Morgan fingerprint density at radius 3 is 2.82 bits per heavy atom. The van der Waals surface area contributed by atoms with Gasteiger partial charge in [0.15, 0.2) is 0 Å². The lowest BCUT2D eigenvalue weighted by molar-refractivity contribution is 0.321. The highest BCUT2D eigenvalue weighted by molar-refractivity contribution is 5.79. The monoisotopic (exact) mass is 156 g/mol. The van der Waals surface area contributed by atoms with Gasteiger partial charge < -0.3 is 5.21 Å². The molecule has 0 atom stereocenters. The van der Waals surface area contributed by atoms with Crippen molar-refractivity contribution in [1.29, 1.82) is 0 Å². The molecule has 0 heterocycles. The lowest BCUT2D eigenvalue weighted by Crippen LogP contribution is -1.92. The van der Waals surface area contributed by atoms with Crippen LogP contribution in [0.2, 0.25) is 0 Å². The maximum absolute atomic E-state index is 12.6. The van der Waals surface area contributed by atoms with Crippen LogP contribution in [0.3, 0.4) is 0 Å². The Morgan fingerprint density at radius 1 is 1.55 bits per heavy atom. The third-order valence-corrected chi connectivity index (χ3v) is 1.12. The van der Waals surface area contributed by atoms with Crippen molar-refractivity contribution in [3.8, 4) is 0 Å². The van der Waals surface area contributed by atoms with Crippen LogP contribution >= 0.6 is 0 Å². The highest BCUT2D eigenvalue weighted by Crippen LogP contribution is 2.07. The average Bonchev–Trinajstić information content (AvgIpc) is 1.97. The van der Waals surface area contributed by atoms with Crippen molar-refractivity contribution in [3.05, 3.63) is 35.4 Å². The Hall–Kier alpha value is -1.45. The Morgan fingerprint density at radius 2 is 2.27 bits per heavy atom. The molecular weight excluding hydrogens is 152 g/mol. The van der Waals surface area contributed by atoms with Crippen LogP contribution in [0.1, 0.15) is 5.56 Å². The van der Waals surface area contributed by atoms with Gasteiger partial charge in [-0.3, -0.25) is 0 Å². The van der Waals surface area contributed by atoms with Crippen molar-refractivity contribution in [2.24, 2.45) is 5.16 Å². The minimum Gasteiger partial charge on any atom is -0.411 e. The van der Waals surface area contributed by atoms with E-state index in [1.54, 1.807) is 0 Å². The second-order valence-corrected chi connectivity index (χ2v) is 1.80. The van der Waals surface area contributed by atoms with E-state index in [2.05, 4.69) is 11.2 Å². The van der Waals surface area contributed by atoms with E-state index in [-0.39, 0.29) is 0 Å². The minimum atomic E-state index is -0.872. The molecule has 0 bridgehead atoms. The number of oxime groups is 1. The SMILES string of the molecule is O/N=C\c1c(F)[c]ccc1F. The molecule has 1 rings (SSSR count). The summed E-state index contributed by atoms with van der Waals surface area (Å²) in [6.45, 7) is 0. The largest absolute Gasteiger partial charge is 0.411 e. The Bertz CT molecular complexity index is 266. The van der Waals surface area contributed by atoms with E-state index < -0.39 is 17.2 Å². The Balaban J connectivity index is 3.20. The van der Waals surface area contributed by atoms with Gasteiger partial charge >= 0.3 is 0 Å². The Kier molecular flexibility index (Phi) is 2.15. The van der Waals surface area contributed by atoms with E-state index in [1.165, 1.54) is 0 Å². The molecule has 4 heteroatoms. The first kappa shape index (κ1) is 7.65. The van der Waals surface area contributed by atoms with Gasteiger partial charge in [0.2, 0.25) is 0 Å². The quantitative estimate of drug-likeness (QED) is 0.373. The smallest absolute Gasteiger partial charge is 0.142 e. The third kappa shape index (κ3) is 1.52. The lowest BCUT2D eigenvalue weighted by atomic mass is 10.2. The molecule has 0 saturated carbocycles.